The fourth-order valence-electron chi connectivity index (χ4n) is 2.20. The number of hydrogen-bond donors (Lipinski definition) is 2. The van der Waals surface area contributed by atoms with Crippen molar-refractivity contribution >= 4 is 17.3 Å². The van der Waals surface area contributed by atoms with Crippen LogP contribution in [0, 0.1) is 20.8 Å². The standard InChI is InChI=1S/C19H28N4OS/c1-5-20-19(22-13-18-23-15(3)16(4)25-18)21-11-6-12-24-17-9-7-14(2)8-10-17/h7-10H,5-6,11-13H2,1-4H3,(H2,20,21,22). The monoisotopic (exact) mass is 360 g/mol. The van der Waals surface area contributed by atoms with Crippen LogP contribution >= 0.6 is 11.3 Å². The first kappa shape index (κ1) is 19.2. The third kappa shape index (κ3) is 6.74. The minimum Gasteiger partial charge on any atom is -0.494 e. The summed E-state index contributed by atoms with van der Waals surface area (Å²) in [5.41, 5.74) is 2.34. The molecule has 0 aliphatic rings. The fourth-order valence-corrected chi connectivity index (χ4v) is 3.06. The van der Waals surface area contributed by atoms with Crippen molar-refractivity contribution in [2.75, 3.05) is 19.7 Å². The van der Waals surface area contributed by atoms with E-state index in [2.05, 4.69) is 53.5 Å². The van der Waals surface area contributed by atoms with Crippen LogP contribution in [-0.2, 0) is 6.54 Å². The van der Waals surface area contributed by atoms with Gasteiger partial charge in [0.15, 0.2) is 5.96 Å². The molecule has 0 atom stereocenters. The molecule has 0 bridgehead atoms. The van der Waals surface area contributed by atoms with E-state index in [4.69, 9.17) is 4.74 Å². The lowest BCUT2D eigenvalue weighted by atomic mass is 10.2. The molecule has 25 heavy (non-hydrogen) atoms. The number of thiazole rings is 1. The van der Waals surface area contributed by atoms with Crippen LogP contribution in [0.3, 0.4) is 0 Å². The lowest BCUT2D eigenvalue weighted by Gasteiger charge is -2.11. The molecule has 2 N–H and O–H groups in total. The Morgan fingerprint density at radius 2 is 1.92 bits per heavy atom. The van der Waals surface area contributed by atoms with Gasteiger partial charge in [0.1, 0.15) is 10.8 Å². The third-order valence-electron chi connectivity index (χ3n) is 3.69. The van der Waals surface area contributed by atoms with Gasteiger partial charge in [-0.1, -0.05) is 17.7 Å². The SMILES string of the molecule is CCNC(=NCc1nc(C)c(C)s1)NCCCOc1ccc(C)cc1. The van der Waals surface area contributed by atoms with Gasteiger partial charge in [0.05, 0.1) is 18.8 Å². The highest BCUT2D eigenvalue weighted by Crippen LogP contribution is 2.16. The van der Waals surface area contributed by atoms with Crippen molar-refractivity contribution < 1.29 is 4.74 Å². The number of benzene rings is 1. The van der Waals surface area contributed by atoms with Crippen LogP contribution in [0.1, 0.15) is 34.5 Å². The summed E-state index contributed by atoms with van der Waals surface area (Å²) in [6.07, 6.45) is 0.910. The van der Waals surface area contributed by atoms with E-state index in [0.29, 0.717) is 13.2 Å². The van der Waals surface area contributed by atoms with Crippen LogP contribution in [0.5, 0.6) is 5.75 Å². The van der Waals surface area contributed by atoms with Gasteiger partial charge in [0, 0.05) is 18.0 Å². The van der Waals surface area contributed by atoms with Crippen LogP contribution in [-0.4, -0.2) is 30.6 Å². The predicted octanol–water partition coefficient (Wildman–Crippen LogP) is 3.59. The van der Waals surface area contributed by atoms with Crippen LogP contribution < -0.4 is 15.4 Å². The van der Waals surface area contributed by atoms with E-state index in [1.54, 1.807) is 11.3 Å². The number of hydrogen-bond acceptors (Lipinski definition) is 4. The predicted molar refractivity (Wildman–Crippen MR) is 106 cm³/mol. The van der Waals surface area contributed by atoms with E-state index in [0.717, 1.165) is 41.9 Å². The Hall–Kier alpha value is -2.08. The number of aryl methyl sites for hydroxylation is 3. The zero-order chi connectivity index (χ0) is 18.1. The molecule has 5 nitrogen and oxygen atoms in total. The second kappa shape index (κ2) is 10.0. The van der Waals surface area contributed by atoms with Crippen molar-refractivity contribution in [1.29, 1.82) is 0 Å². The number of ether oxygens (including phenoxy) is 1. The van der Waals surface area contributed by atoms with Crippen LogP contribution in [0.25, 0.3) is 0 Å². The molecular weight excluding hydrogens is 332 g/mol. The molecular formula is C19H28N4OS. The number of nitrogens with one attached hydrogen (secondary N) is 2. The van der Waals surface area contributed by atoms with Crippen molar-refractivity contribution in [3.8, 4) is 5.75 Å². The maximum absolute atomic E-state index is 5.74. The molecule has 6 heteroatoms. The Kier molecular flexibility index (Phi) is 7.73. The maximum atomic E-state index is 5.74. The first-order valence-electron chi connectivity index (χ1n) is 8.73. The minimum absolute atomic E-state index is 0.606. The van der Waals surface area contributed by atoms with E-state index < -0.39 is 0 Å². The second-order valence-corrected chi connectivity index (χ2v) is 7.17. The van der Waals surface area contributed by atoms with E-state index in [-0.39, 0.29) is 0 Å². The second-order valence-electron chi connectivity index (χ2n) is 5.89. The van der Waals surface area contributed by atoms with Gasteiger partial charge in [0.25, 0.3) is 0 Å². The molecule has 2 rings (SSSR count). The highest BCUT2D eigenvalue weighted by Gasteiger charge is 2.03. The van der Waals surface area contributed by atoms with E-state index >= 15 is 0 Å². The number of rotatable bonds is 8. The summed E-state index contributed by atoms with van der Waals surface area (Å²) in [7, 11) is 0. The van der Waals surface area contributed by atoms with Crippen molar-refractivity contribution in [2.24, 2.45) is 4.99 Å². The van der Waals surface area contributed by atoms with E-state index in [9.17, 15) is 0 Å². The molecule has 1 heterocycles. The van der Waals surface area contributed by atoms with Crippen LogP contribution in [0.2, 0.25) is 0 Å². The normalized spacial score (nSPS) is 11.4. The van der Waals surface area contributed by atoms with Gasteiger partial charge in [-0.3, -0.25) is 0 Å². The molecule has 0 amide bonds. The summed E-state index contributed by atoms with van der Waals surface area (Å²) in [6, 6.07) is 8.13. The summed E-state index contributed by atoms with van der Waals surface area (Å²) in [5, 5.41) is 7.66. The van der Waals surface area contributed by atoms with Gasteiger partial charge in [-0.05, 0) is 46.2 Å². The molecule has 0 saturated heterocycles. The summed E-state index contributed by atoms with van der Waals surface area (Å²) in [6.45, 7) is 11.2. The molecule has 1 aromatic carbocycles. The highest BCUT2D eigenvalue weighted by atomic mass is 32.1. The first-order valence-corrected chi connectivity index (χ1v) is 9.54. The minimum atomic E-state index is 0.606. The molecule has 0 saturated carbocycles. The maximum Gasteiger partial charge on any atom is 0.191 e. The summed E-state index contributed by atoms with van der Waals surface area (Å²) in [5.74, 6) is 1.74. The lowest BCUT2D eigenvalue weighted by molar-refractivity contribution is 0.311. The summed E-state index contributed by atoms with van der Waals surface area (Å²) >= 11 is 1.71. The Morgan fingerprint density at radius 3 is 2.56 bits per heavy atom. The Bertz CT molecular complexity index is 660. The Morgan fingerprint density at radius 1 is 1.16 bits per heavy atom. The van der Waals surface area contributed by atoms with Gasteiger partial charge >= 0.3 is 0 Å². The molecule has 0 spiro atoms. The quantitative estimate of drug-likeness (QED) is 0.429. The highest BCUT2D eigenvalue weighted by molar-refractivity contribution is 7.11. The van der Waals surface area contributed by atoms with Crippen molar-refractivity contribution in [3.63, 3.8) is 0 Å². The first-order chi connectivity index (χ1) is 12.1. The third-order valence-corrected chi connectivity index (χ3v) is 4.75. The molecule has 136 valence electrons. The lowest BCUT2D eigenvalue weighted by Crippen LogP contribution is -2.38. The van der Waals surface area contributed by atoms with E-state index in [1.165, 1.54) is 10.4 Å². The zero-order valence-electron chi connectivity index (χ0n) is 15.6. The van der Waals surface area contributed by atoms with Gasteiger partial charge in [-0.15, -0.1) is 11.3 Å². The van der Waals surface area contributed by atoms with Crippen molar-refractivity contribution in [2.45, 2.75) is 40.7 Å². The molecule has 0 radical (unpaired) electrons. The molecule has 2 aromatic rings. The Labute approximate surface area is 154 Å². The Balaban J connectivity index is 1.73. The molecule has 0 unspecified atom stereocenters. The van der Waals surface area contributed by atoms with Gasteiger partial charge in [0.2, 0.25) is 0 Å². The van der Waals surface area contributed by atoms with Gasteiger partial charge < -0.3 is 15.4 Å². The van der Waals surface area contributed by atoms with Gasteiger partial charge in [-0.2, -0.15) is 0 Å². The summed E-state index contributed by atoms with van der Waals surface area (Å²) in [4.78, 5) is 10.4. The topological polar surface area (TPSA) is 58.5 Å². The molecule has 1 aromatic heterocycles. The zero-order valence-corrected chi connectivity index (χ0v) is 16.4. The fraction of sp³-hybridized carbons (Fsp3) is 0.474. The largest absolute Gasteiger partial charge is 0.494 e. The van der Waals surface area contributed by atoms with Gasteiger partial charge in [-0.25, -0.2) is 9.98 Å². The molecule has 0 aliphatic heterocycles. The van der Waals surface area contributed by atoms with E-state index in [1.807, 2.05) is 19.1 Å². The van der Waals surface area contributed by atoms with Crippen LogP contribution in [0.4, 0.5) is 0 Å². The number of guanidine groups is 1. The molecule has 0 fully saturated rings. The summed E-state index contributed by atoms with van der Waals surface area (Å²) < 4.78 is 5.74. The number of aromatic nitrogens is 1. The van der Waals surface area contributed by atoms with Crippen molar-refractivity contribution in [3.05, 3.63) is 45.4 Å². The smallest absolute Gasteiger partial charge is 0.191 e. The number of nitrogens with zero attached hydrogens (tertiary/aromatic N) is 2. The average Bonchev–Trinajstić information content (AvgIpc) is 2.92. The van der Waals surface area contributed by atoms with Crippen LogP contribution in [0.15, 0.2) is 29.3 Å². The van der Waals surface area contributed by atoms with Crippen molar-refractivity contribution in [1.82, 2.24) is 15.6 Å². The average molecular weight is 361 g/mol. The molecule has 0 aliphatic carbocycles. The number of aliphatic imine (C=N–C) groups is 1.